The molecule has 6 heteroatoms. The first kappa shape index (κ1) is 11.5. The molecule has 0 unspecified atom stereocenters. The molecule has 1 heterocycles. The summed E-state index contributed by atoms with van der Waals surface area (Å²) in [7, 11) is 0. The fourth-order valence-corrected chi connectivity index (χ4v) is 1.79. The van der Waals surface area contributed by atoms with Crippen molar-refractivity contribution >= 4 is 29.1 Å². The molecular weight excluding hydrogens is 238 g/mol. The maximum Gasteiger partial charge on any atom is 0.222 e. The summed E-state index contributed by atoms with van der Waals surface area (Å²) in [6.07, 6.45) is 0. The number of rotatable bonds is 1. The van der Waals surface area contributed by atoms with E-state index in [2.05, 4.69) is 9.97 Å². The quantitative estimate of drug-likeness (QED) is 0.669. The molecule has 0 fully saturated rings. The number of halogens is 1. The highest BCUT2D eigenvalue weighted by Crippen LogP contribution is 2.31. The Balaban J connectivity index is 2.64. The summed E-state index contributed by atoms with van der Waals surface area (Å²) >= 11 is 5.87. The number of anilines is 3. The van der Waals surface area contributed by atoms with Crippen LogP contribution >= 0.6 is 11.6 Å². The number of hydrogen-bond acceptors (Lipinski definition) is 5. The van der Waals surface area contributed by atoms with Crippen LogP contribution in [0.1, 0.15) is 5.69 Å². The molecule has 2 rings (SSSR count). The first-order chi connectivity index (χ1) is 7.99. The zero-order valence-electron chi connectivity index (χ0n) is 9.24. The molecule has 0 bridgehead atoms. The second kappa shape index (κ2) is 4.10. The van der Waals surface area contributed by atoms with E-state index in [0.29, 0.717) is 22.2 Å². The molecule has 0 aliphatic rings. The Hall–Kier alpha value is -2.01. The number of hydrogen-bond donors (Lipinski definition) is 3. The normalized spacial score (nSPS) is 10.5. The average Bonchev–Trinajstić information content (AvgIpc) is 2.21. The summed E-state index contributed by atoms with van der Waals surface area (Å²) in [4.78, 5) is 8.01. The van der Waals surface area contributed by atoms with E-state index in [4.69, 9.17) is 28.8 Å². The van der Waals surface area contributed by atoms with Crippen LogP contribution in [0, 0.1) is 6.92 Å². The Morgan fingerprint density at radius 2 is 1.82 bits per heavy atom. The fourth-order valence-electron chi connectivity index (χ4n) is 1.67. The van der Waals surface area contributed by atoms with Gasteiger partial charge < -0.3 is 17.2 Å². The lowest BCUT2D eigenvalue weighted by Gasteiger charge is -2.10. The summed E-state index contributed by atoms with van der Waals surface area (Å²) in [5.41, 5.74) is 19.8. The number of aromatic nitrogens is 2. The van der Waals surface area contributed by atoms with Crippen molar-refractivity contribution in [3.63, 3.8) is 0 Å². The van der Waals surface area contributed by atoms with Gasteiger partial charge in [-0.1, -0.05) is 17.7 Å². The third kappa shape index (κ3) is 2.09. The standard InChI is InChI=1S/C11H12ClN5/c1-5-9(10(14)17-11(15)16-5)6-2-3-7(12)8(13)4-6/h2-4H,13H2,1H3,(H4,14,15,16,17). The molecule has 17 heavy (non-hydrogen) atoms. The van der Waals surface area contributed by atoms with Gasteiger partial charge in [-0.05, 0) is 24.6 Å². The summed E-state index contributed by atoms with van der Waals surface area (Å²) in [6, 6.07) is 5.26. The smallest absolute Gasteiger partial charge is 0.222 e. The molecule has 1 aromatic heterocycles. The molecule has 0 saturated heterocycles. The van der Waals surface area contributed by atoms with Crippen molar-refractivity contribution in [3.05, 3.63) is 28.9 Å². The number of aryl methyl sites for hydroxylation is 1. The van der Waals surface area contributed by atoms with E-state index in [0.717, 1.165) is 11.1 Å². The molecule has 0 aliphatic carbocycles. The summed E-state index contributed by atoms with van der Waals surface area (Å²) in [6.45, 7) is 1.81. The Labute approximate surface area is 104 Å². The van der Waals surface area contributed by atoms with Crippen molar-refractivity contribution in [2.45, 2.75) is 6.92 Å². The van der Waals surface area contributed by atoms with Crippen molar-refractivity contribution in [3.8, 4) is 11.1 Å². The first-order valence-electron chi connectivity index (χ1n) is 4.94. The van der Waals surface area contributed by atoms with Gasteiger partial charge in [0, 0.05) is 5.56 Å². The zero-order chi connectivity index (χ0) is 12.6. The van der Waals surface area contributed by atoms with E-state index in [1.807, 2.05) is 13.0 Å². The average molecular weight is 250 g/mol. The van der Waals surface area contributed by atoms with Gasteiger partial charge in [0.15, 0.2) is 0 Å². The van der Waals surface area contributed by atoms with E-state index in [-0.39, 0.29) is 5.95 Å². The highest BCUT2D eigenvalue weighted by Gasteiger charge is 2.11. The van der Waals surface area contributed by atoms with Gasteiger partial charge in [-0.15, -0.1) is 0 Å². The lowest BCUT2D eigenvalue weighted by Crippen LogP contribution is -2.04. The Morgan fingerprint density at radius 1 is 1.12 bits per heavy atom. The maximum absolute atomic E-state index is 5.87. The molecule has 0 saturated carbocycles. The highest BCUT2D eigenvalue weighted by atomic mass is 35.5. The lowest BCUT2D eigenvalue weighted by atomic mass is 10.0. The third-order valence-corrected chi connectivity index (χ3v) is 2.76. The van der Waals surface area contributed by atoms with Gasteiger partial charge in [-0.2, -0.15) is 4.98 Å². The van der Waals surface area contributed by atoms with E-state index < -0.39 is 0 Å². The predicted molar refractivity (Wildman–Crippen MR) is 70.5 cm³/mol. The second-order valence-corrected chi connectivity index (χ2v) is 4.07. The van der Waals surface area contributed by atoms with E-state index in [1.54, 1.807) is 12.1 Å². The van der Waals surface area contributed by atoms with E-state index in [1.165, 1.54) is 0 Å². The van der Waals surface area contributed by atoms with Crippen LogP contribution in [0.25, 0.3) is 11.1 Å². The maximum atomic E-state index is 5.87. The first-order valence-corrected chi connectivity index (χ1v) is 5.32. The van der Waals surface area contributed by atoms with Crippen molar-refractivity contribution in [1.29, 1.82) is 0 Å². The molecule has 2 aromatic rings. The van der Waals surface area contributed by atoms with Crippen LogP contribution in [0.3, 0.4) is 0 Å². The fraction of sp³-hybridized carbons (Fsp3) is 0.0909. The SMILES string of the molecule is Cc1nc(N)nc(N)c1-c1ccc(Cl)c(N)c1. The van der Waals surface area contributed by atoms with Crippen LogP contribution in [0.2, 0.25) is 5.02 Å². The minimum atomic E-state index is 0.158. The third-order valence-electron chi connectivity index (χ3n) is 2.42. The monoisotopic (exact) mass is 249 g/mol. The molecule has 0 amide bonds. The zero-order valence-corrected chi connectivity index (χ0v) is 9.99. The number of benzene rings is 1. The lowest BCUT2D eigenvalue weighted by molar-refractivity contribution is 1.13. The van der Waals surface area contributed by atoms with Crippen LogP contribution in [0.15, 0.2) is 18.2 Å². The molecule has 88 valence electrons. The summed E-state index contributed by atoms with van der Waals surface area (Å²) in [5, 5.41) is 0.501. The second-order valence-electron chi connectivity index (χ2n) is 3.66. The number of nitrogens with zero attached hydrogens (tertiary/aromatic N) is 2. The molecule has 0 aliphatic heterocycles. The summed E-state index contributed by atoms with van der Waals surface area (Å²) < 4.78 is 0. The molecular formula is C11H12ClN5. The van der Waals surface area contributed by atoms with Gasteiger partial charge in [-0.3, -0.25) is 0 Å². The van der Waals surface area contributed by atoms with Crippen LogP contribution in [-0.2, 0) is 0 Å². The molecule has 6 N–H and O–H groups in total. The largest absolute Gasteiger partial charge is 0.398 e. The Kier molecular flexibility index (Phi) is 2.77. The van der Waals surface area contributed by atoms with Crippen LogP contribution in [0.4, 0.5) is 17.5 Å². The molecule has 0 radical (unpaired) electrons. The molecule has 0 atom stereocenters. The van der Waals surface area contributed by atoms with Crippen molar-refractivity contribution in [2.24, 2.45) is 0 Å². The Bertz CT molecular complexity index is 559. The van der Waals surface area contributed by atoms with Crippen molar-refractivity contribution in [2.75, 3.05) is 17.2 Å². The van der Waals surface area contributed by atoms with Gasteiger partial charge in [0.25, 0.3) is 0 Å². The number of nitrogens with two attached hydrogens (primary N) is 3. The van der Waals surface area contributed by atoms with Gasteiger partial charge >= 0.3 is 0 Å². The Morgan fingerprint density at radius 3 is 2.41 bits per heavy atom. The van der Waals surface area contributed by atoms with E-state index in [9.17, 15) is 0 Å². The summed E-state index contributed by atoms with van der Waals surface area (Å²) in [5.74, 6) is 0.488. The van der Waals surface area contributed by atoms with Gasteiger partial charge in [0.1, 0.15) is 5.82 Å². The molecule has 1 aromatic carbocycles. The minimum absolute atomic E-state index is 0.158. The van der Waals surface area contributed by atoms with E-state index >= 15 is 0 Å². The predicted octanol–water partition coefficient (Wildman–Crippen LogP) is 1.85. The van der Waals surface area contributed by atoms with Gasteiger partial charge in [0.05, 0.1) is 16.4 Å². The van der Waals surface area contributed by atoms with Crippen LogP contribution in [-0.4, -0.2) is 9.97 Å². The van der Waals surface area contributed by atoms with Crippen LogP contribution < -0.4 is 17.2 Å². The van der Waals surface area contributed by atoms with Crippen LogP contribution in [0.5, 0.6) is 0 Å². The number of nitrogen functional groups attached to an aromatic ring is 3. The highest BCUT2D eigenvalue weighted by molar-refractivity contribution is 6.33. The molecule has 0 spiro atoms. The van der Waals surface area contributed by atoms with Gasteiger partial charge in [-0.25, -0.2) is 4.98 Å². The van der Waals surface area contributed by atoms with Crippen molar-refractivity contribution < 1.29 is 0 Å². The molecule has 5 nitrogen and oxygen atoms in total. The minimum Gasteiger partial charge on any atom is -0.398 e. The van der Waals surface area contributed by atoms with Crippen molar-refractivity contribution in [1.82, 2.24) is 9.97 Å². The topological polar surface area (TPSA) is 104 Å². The van der Waals surface area contributed by atoms with Gasteiger partial charge in [0.2, 0.25) is 5.95 Å².